The van der Waals surface area contributed by atoms with Crippen molar-refractivity contribution in [3.63, 3.8) is 0 Å². The van der Waals surface area contributed by atoms with E-state index in [1.807, 2.05) is 35.1 Å². The molecule has 0 spiro atoms. The molecule has 2 aliphatic rings. The molecule has 0 radical (unpaired) electrons. The van der Waals surface area contributed by atoms with E-state index < -0.39 is 0 Å². The van der Waals surface area contributed by atoms with E-state index in [1.54, 1.807) is 6.20 Å². The first-order chi connectivity index (χ1) is 11.8. The fourth-order valence-corrected chi connectivity index (χ4v) is 3.83. The van der Waals surface area contributed by atoms with E-state index in [4.69, 9.17) is 4.74 Å². The first-order valence-corrected chi connectivity index (χ1v) is 8.80. The molecule has 1 aromatic carbocycles. The molecule has 2 aliphatic heterocycles. The quantitative estimate of drug-likeness (QED) is 0.871. The average molecular weight is 325 g/mol. The molecule has 24 heavy (non-hydrogen) atoms. The zero-order chi connectivity index (χ0) is 16.4. The Morgan fingerprint density at radius 3 is 3.04 bits per heavy atom. The number of para-hydroxylation sites is 1. The number of likely N-dealkylation sites (tertiary alicyclic amines) is 1. The lowest BCUT2D eigenvalue weighted by Gasteiger charge is -2.38. The third-order valence-electron chi connectivity index (χ3n) is 5.10. The Labute approximate surface area is 142 Å². The summed E-state index contributed by atoms with van der Waals surface area (Å²) in [5, 5.41) is 4.30. The SMILES string of the molecule is O=C([C@@H]1COc2ccccc2C1)N1CCCC[C@@H]1Cn1cccn1. The van der Waals surface area contributed by atoms with Crippen molar-refractivity contribution in [2.45, 2.75) is 38.3 Å². The highest BCUT2D eigenvalue weighted by Gasteiger charge is 2.34. The van der Waals surface area contributed by atoms with Crippen molar-refractivity contribution in [2.75, 3.05) is 13.2 Å². The summed E-state index contributed by atoms with van der Waals surface area (Å²) in [6.45, 7) is 2.12. The summed E-state index contributed by atoms with van der Waals surface area (Å²) >= 11 is 0. The van der Waals surface area contributed by atoms with Crippen LogP contribution >= 0.6 is 0 Å². The normalized spacial score (nSPS) is 23.4. The molecule has 1 amide bonds. The molecule has 126 valence electrons. The minimum atomic E-state index is -0.0712. The van der Waals surface area contributed by atoms with E-state index in [-0.39, 0.29) is 17.9 Å². The van der Waals surface area contributed by atoms with Crippen molar-refractivity contribution in [2.24, 2.45) is 5.92 Å². The lowest BCUT2D eigenvalue weighted by Crippen LogP contribution is -2.50. The summed E-state index contributed by atoms with van der Waals surface area (Å²) in [4.78, 5) is 15.2. The standard InChI is InChI=1S/C19H23N3O2/c23-19(16-12-15-6-1-2-8-18(15)24-14-16)22-11-4-3-7-17(22)13-21-10-5-9-20-21/h1-2,5-6,8-10,16-17H,3-4,7,11-14H2/t16-,17+/m0/s1. The number of benzene rings is 1. The van der Waals surface area contributed by atoms with Crippen LogP contribution in [0, 0.1) is 5.92 Å². The summed E-state index contributed by atoms with van der Waals surface area (Å²) in [6, 6.07) is 10.2. The highest BCUT2D eigenvalue weighted by molar-refractivity contribution is 5.80. The van der Waals surface area contributed by atoms with E-state index in [1.165, 1.54) is 6.42 Å². The van der Waals surface area contributed by atoms with Crippen molar-refractivity contribution >= 4 is 5.91 Å². The third-order valence-corrected chi connectivity index (χ3v) is 5.10. The molecule has 0 saturated carbocycles. The highest BCUT2D eigenvalue weighted by atomic mass is 16.5. The molecular weight excluding hydrogens is 302 g/mol. The number of amides is 1. The van der Waals surface area contributed by atoms with E-state index in [0.717, 1.165) is 43.7 Å². The number of fused-ring (bicyclic) bond motifs is 1. The Morgan fingerprint density at radius 1 is 1.25 bits per heavy atom. The van der Waals surface area contributed by atoms with Crippen LogP contribution in [-0.2, 0) is 17.8 Å². The average Bonchev–Trinajstić information content (AvgIpc) is 3.14. The van der Waals surface area contributed by atoms with Crippen LogP contribution in [0.5, 0.6) is 5.75 Å². The monoisotopic (exact) mass is 325 g/mol. The lowest BCUT2D eigenvalue weighted by molar-refractivity contribution is -0.141. The molecule has 0 aliphatic carbocycles. The number of hydrogen-bond acceptors (Lipinski definition) is 3. The van der Waals surface area contributed by atoms with Crippen LogP contribution in [-0.4, -0.2) is 39.8 Å². The van der Waals surface area contributed by atoms with Gasteiger partial charge in [0.1, 0.15) is 12.4 Å². The molecule has 5 nitrogen and oxygen atoms in total. The minimum Gasteiger partial charge on any atom is -0.492 e. The molecule has 1 fully saturated rings. The fourth-order valence-electron chi connectivity index (χ4n) is 3.83. The minimum absolute atomic E-state index is 0.0712. The molecule has 1 saturated heterocycles. The maximum Gasteiger partial charge on any atom is 0.229 e. The van der Waals surface area contributed by atoms with Gasteiger partial charge >= 0.3 is 0 Å². The van der Waals surface area contributed by atoms with Gasteiger partial charge in [-0.15, -0.1) is 0 Å². The molecule has 3 heterocycles. The van der Waals surface area contributed by atoms with Gasteiger partial charge < -0.3 is 9.64 Å². The number of hydrogen-bond donors (Lipinski definition) is 0. The van der Waals surface area contributed by atoms with Gasteiger partial charge in [0.15, 0.2) is 0 Å². The molecule has 4 rings (SSSR count). The van der Waals surface area contributed by atoms with Crippen molar-refractivity contribution in [3.8, 4) is 5.75 Å². The number of piperidine rings is 1. The second-order valence-corrected chi connectivity index (χ2v) is 6.73. The second-order valence-electron chi connectivity index (χ2n) is 6.73. The molecule has 0 unspecified atom stereocenters. The Kier molecular flexibility index (Phi) is 4.24. The van der Waals surface area contributed by atoms with Gasteiger partial charge in [-0.25, -0.2) is 0 Å². The number of ether oxygens (including phenoxy) is 1. The maximum atomic E-state index is 13.1. The zero-order valence-electron chi connectivity index (χ0n) is 13.8. The molecular formula is C19H23N3O2. The summed E-state index contributed by atoms with van der Waals surface area (Å²) in [6.07, 6.45) is 7.86. The summed E-state index contributed by atoms with van der Waals surface area (Å²) in [7, 11) is 0. The van der Waals surface area contributed by atoms with E-state index in [9.17, 15) is 4.79 Å². The predicted molar refractivity (Wildman–Crippen MR) is 90.7 cm³/mol. The number of rotatable bonds is 3. The van der Waals surface area contributed by atoms with Crippen LogP contribution < -0.4 is 4.74 Å². The van der Waals surface area contributed by atoms with Gasteiger partial charge in [-0.05, 0) is 43.4 Å². The zero-order valence-corrected chi connectivity index (χ0v) is 13.8. The Hall–Kier alpha value is -2.30. The first kappa shape index (κ1) is 15.2. The molecule has 5 heteroatoms. The largest absolute Gasteiger partial charge is 0.492 e. The van der Waals surface area contributed by atoms with E-state index in [0.29, 0.717) is 6.61 Å². The smallest absolute Gasteiger partial charge is 0.229 e. The van der Waals surface area contributed by atoms with Gasteiger partial charge in [-0.2, -0.15) is 5.10 Å². The van der Waals surface area contributed by atoms with E-state index in [2.05, 4.69) is 16.1 Å². The maximum absolute atomic E-state index is 13.1. The van der Waals surface area contributed by atoms with Gasteiger partial charge in [0.25, 0.3) is 0 Å². The summed E-state index contributed by atoms with van der Waals surface area (Å²) in [5.74, 6) is 1.09. The van der Waals surface area contributed by atoms with Crippen molar-refractivity contribution in [1.29, 1.82) is 0 Å². The van der Waals surface area contributed by atoms with Crippen LogP contribution in [0.3, 0.4) is 0 Å². The number of carbonyl (C=O) groups is 1. The Balaban J connectivity index is 1.48. The molecule has 0 N–H and O–H groups in total. The number of carbonyl (C=O) groups excluding carboxylic acids is 1. The number of aromatic nitrogens is 2. The van der Waals surface area contributed by atoms with Crippen LogP contribution in [0.2, 0.25) is 0 Å². The Bertz CT molecular complexity index is 698. The van der Waals surface area contributed by atoms with Crippen LogP contribution in [0.25, 0.3) is 0 Å². The van der Waals surface area contributed by atoms with Crippen molar-refractivity contribution in [1.82, 2.24) is 14.7 Å². The van der Waals surface area contributed by atoms with Crippen molar-refractivity contribution < 1.29 is 9.53 Å². The third kappa shape index (κ3) is 3.03. The predicted octanol–water partition coefficient (Wildman–Crippen LogP) is 2.52. The van der Waals surface area contributed by atoms with Crippen LogP contribution in [0.4, 0.5) is 0 Å². The van der Waals surface area contributed by atoms with Crippen LogP contribution in [0.15, 0.2) is 42.7 Å². The van der Waals surface area contributed by atoms with E-state index >= 15 is 0 Å². The summed E-state index contributed by atoms with van der Waals surface area (Å²) < 4.78 is 7.76. The summed E-state index contributed by atoms with van der Waals surface area (Å²) in [5.41, 5.74) is 1.14. The van der Waals surface area contributed by atoms with Gasteiger partial charge in [-0.1, -0.05) is 18.2 Å². The fraction of sp³-hybridized carbons (Fsp3) is 0.474. The molecule has 2 atom stereocenters. The lowest BCUT2D eigenvalue weighted by atomic mass is 9.93. The molecule has 2 aromatic rings. The van der Waals surface area contributed by atoms with Gasteiger partial charge in [0.05, 0.1) is 18.5 Å². The molecule has 0 bridgehead atoms. The second kappa shape index (κ2) is 6.67. The highest BCUT2D eigenvalue weighted by Crippen LogP contribution is 2.29. The van der Waals surface area contributed by atoms with Crippen molar-refractivity contribution in [3.05, 3.63) is 48.3 Å². The topological polar surface area (TPSA) is 47.4 Å². The van der Waals surface area contributed by atoms with Gasteiger partial charge in [0, 0.05) is 18.9 Å². The first-order valence-electron chi connectivity index (χ1n) is 8.80. The number of nitrogens with zero attached hydrogens (tertiary/aromatic N) is 3. The van der Waals surface area contributed by atoms with Gasteiger partial charge in [-0.3, -0.25) is 9.48 Å². The Morgan fingerprint density at radius 2 is 2.17 bits per heavy atom. The molecule has 1 aromatic heterocycles. The van der Waals surface area contributed by atoms with Crippen LogP contribution in [0.1, 0.15) is 24.8 Å². The van der Waals surface area contributed by atoms with Gasteiger partial charge in [0.2, 0.25) is 5.91 Å².